The highest BCUT2D eigenvalue weighted by molar-refractivity contribution is 9.11. The molecule has 0 aliphatic carbocycles. The fraction of sp³-hybridized carbons (Fsp3) is 0.0769. The van der Waals surface area contributed by atoms with E-state index in [1.54, 1.807) is 18.2 Å². The molecule has 0 spiro atoms. The molecule has 4 rings (SSSR count). The molecule has 34 heavy (non-hydrogen) atoms. The highest BCUT2D eigenvalue weighted by atomic mass is 79.9. The van der Waals surface area contributed by atoms with E-state index in [-0.39, 0.29) is 13.2 Å². The first-order valence-electron chi connectivity index (χ1n) is 10.4. The van der Waals surface area contributed by atoms with Gasteiger partial charge in [-0.2, -0.15) is 0 Å². The minimum absolute atomic E-state index is 0.238. The number of carbonyl (C=O) groups is 2. The lowest BCUT2D eigenvalue weighted by atomic mass is 10.1. The van der Waals surface area contributed by atoms with Gasteiger partial charge in [-0.3, -0.25) is 20.4 Å². The Bertz CT molecular complexity index is 1310. The minimum Gasteiger partial charge on any atom is -0.484 e. The van der Waals surface area contributed by atoms with Crippen molar-refractivity contribution in [3.63, 3.8) is 0 Å². The second-order valence-corrected chi connectivity index (χ2v) is 9.02. The van der Waals surface area contributed by atoms with Crippen molar-refractivity contribution in [2.24, 2.45) is 0 Å². The number of hydrazine groups is 1. The molecule has 0 saturated carbocycles. The number of hydrogen-bond acceptors (Lipinski definition) is 4. The first kappa shape index (κ1) is 23.8. The monoisotopic (exact) mass is 582 g/mol. The number of ether oxygens (including phenoxy) is 2. The summed E-state index contributed by atoms with van der Waals surface area (Å²) in [5, 5.41) is 1.99. The summed E-state index contributed by atoms with van der Waals surface area (Å²) in [6.45, 7) is -0.500. The van der Waals surface area contributed by atoms with Gasteiger partial charge in [0.15, 0.2) is 13.2 Å². The van der Waals surface area contributed by atoms with Crippen molar-refractivity contribution in [3.05, 3.63) is 93.9 Å². The van der Waals surface area contributed by atoms with Crippen molar-refractivity contribution in [1.29, 1.82) is 0 Å². The molecular formula is C26H20Br2N2O4. The smallest absolute Gasteiger partial charge is 0.276 e. The third kappa shape index (κ3) is 6.15. The van der Waals surface area contributed by atoms with Crippen LogP contribution in [0.15, 0.2) is 93.9 Å². The lowest BCUT2D eigenvalue weighted by Crippen LogP contribution is -2.45. The molecule has 0 heterocycles. The normalized spacial score (nSPS) is 10.5. The largest absolute Gasteiger partial charge is 0.484 e. The van der Waals surface area contributed by atoms with Crippen molar-refractivity contribution in [1.82, 2.24) is 10.9 Å². The Kier molecular flexibility index (Phi) is 7.82. The fourth-order valence-corrected chi connectivity index (χ4v) is 4.22. The number of hydrogen-bond donors (Lipinski definition) is 2. The number of carbonyl (C=O) groups excluding carboxylic acids is 2. The molecule has 4 aromatic carbocycles. The van der Waals surface area contributed by atoms with Gasteiger partial charge < -0.3 is 9.47 Å². The molecule has 0 aliphatic rings. The summed E-state index contributed by atoms with van der Waals surface area (Å²) < 4.78 is 12.8. The zero-order chi connectivity index (χ0) is 23.9. The predicted octanol–water partition coefficient (Wildman–Crippen LogP) is 5.64. The van der Waals surface area contributed by atoms with Gasteiger partial charge in [0.25, 0.3) is 11.8 Å². The van der Waals surface area contributed by atoms with Gasteiger partial charge in [0.1, 0.15) is 11.5 Å². The standard InChI is InChI=1S/C26H20Br2N2O4/c27-20-9-12-22-19(14-20)8-13-23(26(22)28)34-16-25(32)30-29-24(31)15-33-21-10-6-18(7-11-21)17-4-2-1-3-5-17/h1-14H,15-16H2,(H,29,31)(H,30,32). The number of rotatable bonds is 7. The van der Waals surface area contributed by atoms with Gasteiger partial charge in [-0.25, -0.2) is 0 Å². The Hall–Kier alpha value is -3.36. The van der Waals surface area contributed by atoms with Crippen LogP contribution in [0, 0.1) is 0 Å². The third-order valence-corrected chi connectivity index (χ3v) is 6.22. The molecule has 2 N–H and O–H groups in total. The summed E-state index contributed by atoms with van der Waals surface area (Å²) >= 11 is 6.97. The quantitative estimate of drug-likeness (QED) is 0.276. The third-order valence-electron chi connectivity index (χ3n) is 4.91. The van der Waals surface area contributed by atoms with E-state index in [0.717, 1.165) is 30.8 Å². The summed E-state index contributed by atoms with van der Waals surface area (Å²) in [6, 6.07) is 26.9. The van der Waals surface area contributed by atoms with Crippen LogP contribution in [0.2, 0.25) is 0 Å². The van der Waals surface area contributed by atoms with Gasteiger partial charge in [-0.05, 0) is 68.2 Å². The molecule has 0 unspecified atom stereocenters. The molecule has 2 amide bonds. The van der Waals surface area contributed by atoms with Gasteiger partial charge in [0.2, 0.25) is 0 Å². The number of nitrogens with one attached hydrogen (secondary N) is 2. The topological polar surface area (TPSA) is 76.7 Å². The first-order chi connectivity index (χ1) is 16.5. The molecule has 172 valence electrons. The van der Waals surface area contributed by atoms with Crippen molar-refractivity contribution in [3.8, 4) is 22.6 Å². The van der Waals surface area contributed by atoms with Crippen LogP contribution in [0.3, 0.4) is 0 Å². The molecule has 0 radical (unpaired) electrons. The van der Waals surface area contributed by atoms with E-state index in [4.69, 9.17) is 9.47 Å². The van der Waals surface area contributed by atoms with Crippen molar-refractivity contribution >= 4 is 54.4 Å². The Morgan fingerprint density at radius 3 is 2.06 bits per heavy atom. The number of halogens is 2. The zero-order valence-electron chi connectivity index (χ0n) is 17.9. The van der Waals surface area contributed by atoms with Crippen LogP contribution in [0.5, 0.6) is 11.5 Å². The molecule has 0 atom stereocenters. The molecule has 0 saturated heterocycles. The van der Waals surface area contributed by atoms with Crippen LogP contribution >= 0.6 is 31.9 Å². The maximum atomic E-state index is 12.1. The summed E-state index contributed by atoms with van der Waals surface area (Å²) in [5.41, 5.74) is 6.78. The van der Waals surface area contributed by atoms with Crippen LogP contribution in [0.1, 0.15) is 0 Å². The van der Waals surface area contributed by atoms with Gasteiger partial charge in [-0.15, -0.1) is 0 Å². The predicted molar refractivity (Wildman–Crippen MR) is 139 cm³/mol. The van der Waals surface area contributed by atoms with E-state index < -0.39 is 11.8 Å². The van der Waals surface area contributed by atoms with Crippen LogP contribution in [0.4, 0.5) is 0 Å². The molecule has 0 aromatic heterocycles. The highest BCUT2D eigenvalue weighted by Gasteiger charge is 2.10. The molecule has 0 fully saturated rings. The van der Waals surface area contributed by atoms with Crippen molar-refractivity contribution < 1.29 is 19.1 Å². The average Bonchev–Trinajstić information content (AvgIpc) is 2.86. The summed E-state index contributed by atoms with van der Waals surface area (Å²) in [4.78, 5) is 24.1. The van der Waals surface area contributed by atoms with Gasteiger partial charge in [-0.1, -0.05) is 70.5 Å². The highest BCUT2D eigenvalue weighted by Crippen LogP contribution is 2.34. The molecular weight excluding hydrogens is 564 g/mol. The van der Waals surface area contributed by atoms with Crippen molar-refractivity contribution in [2.75, 3.05) is 13.2 Å². The molecule has 4 aromatic rings. The Morgan fingerprint density at radius 1 is 0.706 bits per heavy atom. The van der Waals surface area contributed by atoms with Crippen LogP contribution < -0.4 is 20.3 Å². The van der Waals surface area contributed by atoms with E-state index in [2.05, 4.69) is 42.7 Å². The number of fused-ring (bicyclic) bond motifs is 1. The van der Waals surface area contributed by atoms with Crippen molar-refractivity contribution in [2.45, 2.75) is 0 Å². The average molecular weight is 584 g/mol. The summed E-state index contributed by atoms with van der Waals surface area (Å²) in [6.07, 6.45) is 0. The minimum atomic E-state index is -0.497. The van der Waals surface area contributed by atoms with Gasteiger partial charge in [0, 0.05) is 4.47 Å². The van der Waals surface area contributed by atoms with E-state index in [0.29, 0.717) is 11.5 Å². The van der Waals surface area contributed by atoms with E-state index in [1.165, 1.54) is 0 Å². The van der Waals surface area contributed by atoms with Crippen LogP contribution in [-0.4, -0.2) is 25.0 Å². The number of benzene rings is 4. The van der Waals surface area contributed by atoms with E-state index in [9.17, 15) is 9.59 Å². The molecule has 8 heteroatoms. The Morgan fingerprint density at radius 2 is 1.35 bits per heavy atom. The first-order valence-corrected chi connectivity index (χ1v) is 11.9. The number of amides is 2. The molecule has 0 aliphatic heterocycles. The van der Waals surface area contributed by atoms with Gasteiger partial charge >= 0.3 is 0 Å². The summed E-state index contributed by atoms with van der Waals surface area (Å²) in [5.74, 6) is 0.0950. The van der Waals surface area contributed by atoms with Gasteiger partial charge in [0.05, 0.1) is 4.47 Å². The Balaban J connectivity index is 1.21. The molecule has 0 bridgehead atoms. The van der Waals surface area contributed by atoms with Crippen LogP contribution in [0.25, 0.3) is 21.9 Å². The maximum absolute atomic E-state index is 12.1. The fourth-order valence-electron chi connectivity index (χ4n) is 3.23. The second kappa shape index (κ2) is 11.2. The zero-order valence-corrected chi connectivity index (χ0v) is 21.1. The van der Waals surface area contributed by atoms with Crippen LogP contribution in [-0.2, 0) is 9.59 Å². The van der Waals surface area contributed by atoms with E-state index >= 15 is 0 Å². The molecule has 6 nitrogen and oxygen atoms in total. The van der Waals surface area contributed by atoms with E-state index in [1.807, 2.05) is 66.7 Å². The SMILES string of the molecule is O=C(COc1ccc(-c2ccccc2)cc1)NNC(=O)COc1ccc2cc(Br)ccc2c1Br. The maximum Gasteiger partial charge on any atom is 0.276 e. The lowest BCUT2D eigenvalue weighted by Gasteiger charge is -2.12. The Labute approximate surface area is 213 Å². The summed E-state index contributed by atoms with van der Waals surface area (Å²) in [7, 11) is 0. The lowest BCUT2D eigenvalue weighted by molar-refractivity contribution is -0.131. The second-order valence-electron chi connectivity index (χ2n) is 7.31.